The van der Waals surface area contributed by atoms with Gasteiger partial charge in [0, 0.05) is 29.1 Å². The van der Waals surface area contributed by atoms with Gasteiger partial charge in [0.25, 0.3) is 5.72 Å². The Bertz CT molecular complexity index is 1870. The summed E-state index contributed by atoms with van der Waals surface area (Å²) in [7, 11) is 1.37. The maximum absolute atomic E-state index is 15.2. The quantitative estimate of drug-likeness (QED) is 0.187. The molecule has 0 radical (unpaired) electrons. The summed E-state index contributed by atoms with van der Waals surface area (Å²) in [5.41, 5.74) is 4.72. The molecular formula is C36H30FN3O4. The molecule has 3 heterocycles. The van der Waals surface area contributed by atoms with Crippen molar-refractivity contribution in [2.24, 2.45) is 5.16 Å². The van der Waals surface area contributed by atoms with E-state index in [1.807, 2.05) is 47.4 Å². The molecule has 3 aromatic carbocycles. The zero-order valence-corrected chi connectivity index (χ0v) is 24.2. The van der Waals surface area contributed by atoms with E-state index >= 15 is 4.39 Å². The molecule has 1 unspecified atom stereocenters. The zero-order valence-electron chi connectivity index (χ0n) is 24.2. The largest absolute Gasteiger partial charge is 0.465 e. The molecule has 1 aliphatic carbocycles. The molecule has 0 saturated carbocycles. The molecule has 5 aromatic rings. The van der Waals surface area contributed by atoms with Crippen LogP contribution in [0.15, 0.2) is 113 Å². The number of benzene rings is 3. The molecule has 0 bridgehead atoms. The summed E-state index contributed by atoms with van der Waals surface area (Å²) in [6, 6.07) is 25.6. The van der Waals surface area contributed by atoms with E-state index in [9.17, 15) is 4.79 Å². The number of oxime groups is 1. The minimum Gasteiger partial charge on any atom is -0.465 e. The summed E-state index contributed by atoms with van der Waals surface area (Å²) in [5, 5.41) is 4.66. The molecule has 44 heavy (non-hydrogen) atoms. The maximum atomic E-state index is 15.2. The van der Waals surface area contributed by atoms with E-state index in [2.05, 4.69) is 16.2 Å². The number of aromatic nitrogens is 1. The predicted octanol–water partition coefficient (Wildman–Crippen LogP) is 7.24. The standard InChI is InChI=1S/C36H30FN3O4/c1-42-35(41)29-14-4-6-15-31(29)36(30-16-8-11-24-10-2-3-12-27(24)30)40(34(39-44-36)33-18-9-21-43-33)23-25-22-38-20-19-26(25)28-13-5-7-17-32(28)37/h4-9,11,13-22H,2-3,10,12,23H2,1H3. The van der Waals surface area contributed by atoms with Gasteiger partial charge in [0.05, 0.1) is 25.5 Å². The van der Waals surface area contributed by atoms with Gasteiger partial charge in [-0.05, 0) is 78.3 Å². The Balaban J connectivity index is 1.50. The van der Waals surface area contributed by atoms with Crippen LogP contribution in [0.1, 0.15) is 56.8 Å². The lowest BCUT2D eigenvalue weighted by Gasteiger charge is -2.40. The first kappa shape index (κ1) is 27.6. The monoisotopic (exact) mass is 587 g/mol. The topological polar surface area (TPSA) is 77.2 Å². The van der Waals surface area contributed by atoms with Gasteiger partial charge in [-0.25, -0.2) is 9.18 Å². The summed E-state index contributed by atoms with van der Waals surface area (Å²) in [6.45, 7) is 0.205. The van der Waals surface area contributed by atoms with E-state index in [1.165, 1.54) is 24.3 Å². The van der Waals surface area contributed by atoms with Crippen molar-refractivity contribution in [1.82, 2.24) is 9.88 Å². The predicted molar refractivity (Wildman–Crippen MR) is 163 cm³/mol. The molecule has 7 nitrogen and oxygen atoms in total. The molecule has 2 aliphatic rings. The Morgan fingerprint density at radius 1 is 0.932 bits per heavy atom. The Hall–Kier alpha value is -5.24. The van der Waals surface area contributed by atoms with Gasteiger partial charge >= 0.3 is 5.97 Å². The molecule has 0 spiro atoms. The molecule has 8 heteroatoms. The van der Waals surface area contributed by atoms with Crippen LogP contribution in [-0.2, 0) is 34.7 Å². The van der Waals surface area contributed by atoms with Crippen molar-refractivity contribution in [1.29, 1.82) is 0 Å². The number of ether oxygens (including phenoxy) is 1. The molecule has 0 saturated heterocycles. The second-order valence-electron chi connectivity index (χ2n) is 10.9. The summed E-state index contributed by atoms with van der Waals surface area (Å²) in [4.78, 5) is 26.4. The van der Waals surface area contributed by atoms with Crippen LogP contribution >= 0.6 is 0 Å². The second-order valence-corrected chi connectivity index (χ2v) is 10.9. The van der Waals surface area contributed by atoms with Gasteiger partial charge < -0.3 is 14.0 Å². The number of carbonyl (C=O) groups is 1. The average Bonchev–Trinajstić information content (AvgIpc) is 3.74. The smallest absolute Gasteiger partial charge is 0.338 e. The number of esters is 1. The van der Waals surface area contributed by atoms with Crippen LogP contribution in [0.5, 0.6) is 0 Å². The molecule has 0 amide bonds. The molecule has 0 N–H and O–H groups in total. The highest BCUT2D eigenvalue weighted by Crippen LogP contribution is 2.48. The van der Waals surface area contributed by atoms with E-state index in [4.69, 9.17) is 14.0 Å². The number of methoxy groups -OCH3 is 1. The Morgan fingerprint density at radius 2 is 1.75 bits per heavy atom. The molecule has 0 fully saturated rings. The fraction of sp³-hybridized carbons (Fsp3) is 0.194. The number of pyridine rings is 1. The highest BCUT2D eigenvalue weighted by atomic mass is 19.1. The fourth-order valence-electron chi connectivity index (χ4n) is 6.49. The Labute approximate surface area is 254 Å². The molecule has 2 aromatic heterocycles. The first-order chi connectivity index (χ1) is 21.6. The SMILES string of the molecule is COC(=O)c1ccccc1C1(c2cccc3c2CCCC3)ON=C(c2ccco2)N1Cc1cnccc1-c1ccccc1F. The molecule has 1 aliphatic heterocycles. The number of nitrogens with zero attached hydrogens (tertiary/aromatic N) is 3. The minimum absolute atomic E-state index is 0.205. The normalized spacial score (nSPS) is 17.5. The van der Waals surface area contributed by atoms with E-state index in [0.717, 1.165) is 36.8 Å². The number of aryl methyl sites for hydroxylation is 1. The Kier molecular flexibility index (Phi) is 7.18. The first-order valence-electron chi connectivity index (χ1n) is 14.7. The summed E-state index contributed by atoms with van der Waals surface area (Å²) >= 11 is 0. The van der Waals surface area contributed by atoms with Crippen molar-refractivity contribution in [2.75, 3.05) is 7.11 Å². The first-order valence-corrected chi connectivity index (χ1v) is 14.7. The van der Waals surface area contributed by atoms with Crippen LogP contribution < -0.4 is 0 Å². The van der Waals surface area contributed by atoms with Crippen LogP contribution in [0, 0.1) is 5.82 Å². The van der Waals surface area contributed by atoms with Crippen LogP contribution in [0.25, 0.3) is 11.1 Å². The lowest BCUT2D eigenvalue weighted by molar-refractivity contribution is -0.0757. The Morgan fingerprint density at radius 3 is 2.59 bits per heavy atom. The molecule has 220 valence electrons. The lowest BCUT2D eigenvalue weighted by Crippen LogP contribution is -2.48. The van der Waals surface area contributed by atoms with Crippen molar-refractivity contribution in [2.45, 2.75) is 38.0 Å². The number of rotatable bonds is 7. The van der Waals surface area contributed by atoms with Gasteiger partial charge in [-0.1, -0.05) is 59.8 Å². The third-order valence-corrected chi connectivity index (χ3v) is 8.50. The van der Waals surface area contributed by atoms with Crippen molar-refractivity contribution in [3.8, 4) is 11.1 Å². The number of furan rings is 1. The summed E-state index contributed by atoms with van der Waals surface area (Å²) in [6.07, 6.45) is 8.90. The molecule has 7 rings (SSSR count). The fourth-order valence-corrected chi connectivity index (χ4v) is 6.49. The van der Waals surface area contributed by atoms with E-state index in [-0.39, 0.29) is 12.4 Å². The number of fused-ring (bicyclic) bond motifs is 1. The van der Waals surface area contributed by atoms with Gasteiger partial charge in [-0.15, -0.1) is 0 Å². The number of hydrogen-bond donors (Lipinski definition) is 0. The molecule has 1 atom stereocenters. The van der Waals surface area contributed by atoms with Gasteiger partial charge in [-0.3, -0.25) is 9.88 Å². The van der Waals surface area contributed by atoms with Crippen molar-refractivity contribution in [3.05, 3.63) is 149 Å². The van der Waals surface area contributed by atoms with Gasteiger partial charge in [0.1, 0.15) is 5.82 Å². The third-order valence-electron chi connectivity index (χ3n) is 8.50. The zero-order chi connectivity index (χ0) is 30.1. The lowest BCUT2D eigenvalue weighted by atomic mass is 9.80. The maximum Gasteiger partial charge on any atom is 0.338 e. The number of halogens is 1. The average molecular weight is 588 g/mol. The van der Waals surface area contributed by atoms with E-state index in [0.29, 0.717) is 33.8 Å². The number of carbonyl (C=O) groups excluding carboxylic acids is 1. The summed E-state index contributed by atoms with van der Waals surface area (Å²) < 4.78 is 26.3. The van der Waals surface area contributed by atoms with Crippen molar-refractivity contribution in [3.63, 3.8) is 0 Å². The van der Waals surface area contributed by atoms with Crippen LogP contribution in [0.4, 0.5) is 4.39 Å². The van der Waals surface area contributed by atoms with Crippen LogP contribution in [0.3, 0.4) is 0 Å². The van der Waals surface area contributed by atoms with Gasteiger partial charge in [0.15, 0.2) is 5.76 Å². The van der Waals surface area contributed by atoms with Gasteiger partial charge in [0.2, 0.25) is 5.84 Å². The van der Waals surface area contributed by atoms with E-state index in [1.54, 1.807) is 49.0 Å². The third kappa shape index (κ3) is 4.54. The highest BCUT2D eigenvalue weighted by Gasteiger charge is 2.53. The van der Waals surface area contributed by atoms with Crippen molar-refractivity contribution >= 4 is 11.8 Å². The van der Waals surface area contributed by atoms with Crippen molar-refractivity contribution < 1.29 is 23.2 Å². The second kappa shape index (κ2) is 11.4. The number of amidine groups is 1. The number of hydrogen-bond acceptors (Lipinski definition) is 7. The molecular weight excluding hydrogens is 557 g/mol. The minimum atomic E-state index is -1.39. The summed E-state index contributed by atoms with van der Waals surface area (Å²) in [5.74, 6) is 0.0974. The van der Waals surface area contributed by atoms with E-state index < -0.39 is 11.7 Å². The van der Waals surface area contributed by atoms with Gasteiger partial charge in [-0.2, -0.15) is 0 Å². The highest BCUT2D eigenvalue weighted by molar-refractivity contribution is 5.99. The van der Waals surface area contributed by atoms with Crippen LogP contribution in [0.2, 0.25) is 0 Å². The van der Waals surface area contributed by atoms with Crippen LogP contribution in [-0.4, -0.2) is 28.8 Å².